The zero-order valence-electron chi connectivity index (χ0n) is 12.5. The van der Waals surface area contributed by atoms with E-state index in [1.165, 1.54) is 18.7 Å². The molecule has 0 spiro atoms. The highest BCUT2D eigenvalue weighted by atomic mass is 16.3. The van der Waals surface area contributed by atoms with Crippen LogP contribution in [-0.2, 0) is 13.1 Å². The zero-order valence-corrected chi connectivity index (χ0v) is 12.5. The maximum Gasteiger partial charge on any atom is 0.122 e. The maximum atomic E-state index is 5.57. The van der Waals surface area contributed by atoms with E-state index in [0.29, 0.717) is 6.04 Å². The van der Waals surface area contributed by atoms with Crippen molar-refractivity contribution >= 4 is 0 Å². The molecular formula is C15H27N3O. The SMILES string of the molecule is CCNCc1occc1CN1CCN(C(C)C)CC1. The van der Waals surface area contributed by atoms with E-state index in [0.717, 1.165) is 38.5 Å². The van der Waals surface area contributed by atoms with E-state index in [2.05, 4.69) is 42.0 Å². The van der Waals surface area contributed by atoms with Gasteiger partial charge in [-0.15, -0.1) is 0 Å². The highest BCUT2D eigenvalue weighted by Gasteiger charge is 2.19. The van der Waals surface area contributed by atoms with Gasteiger partial charge in [0.1, 0.15) is 5.76 Å². The predicted molar refractivity (Wildman–Crippen MR) is 78.1 cm³/mol. The molecule has 1 aromatic rings. The number of furan rings is 1. The number of nitrogens with one attached hydrogen (secondary N) is 1. The minimum absolute atomic E-state index is 0.667. The summed E-state index contributed by atoms with van der Waals surface area (Å²) in [6, 6.07) is 2.78. The van der Waals surface area contributed by atoms with Gasteiger partial charge in [0, 0.05) is 44.3 Å². The molecule has 1 aromatic heterocycles. The van der Waals surface area contributed by atoms with Crippen LogP contribution in [0.1, 0.15) is 32.1 Å². The topological polar surface area (TPSA) is 31.7 Å². The van der Waals surface area contributed by atoms with Gasteiger partial charge in [0.15, 0.2) is 0 Å². The van der Waals surface area contributed by atoms with Crippen LogP contribution in [0.4, 0.5) is 0 Å². The average Bonchev–Trinajstić information content (AvgIpc) is 2.84. The van der Waals surface area contributed by atoms with Crippen LogP contribution in [0.25, 0.3) is 0 Å². The maximum absolute atomic E-state index is 5.57. The van der Waals surface area contributed by atoms with Crippen LogP contribution in [0.5, 0.6) is 0 Å². The molecule has 1 aliphatic heterocycles. The molecule has 1 N–H and O–H groups in total. The molecule has 1 aliphatic rings. The number of nitrogens with zero attached hydrogens (tertiary/aromatic N) is 2. The minimum atomic E-state index is 0.667. The molecule has 1 fully saturated rings. The lowest BCUT2D eigenvalue weighted by Crippen LogP contribution is -2.48. The molecule has 0 amide bonds. The van der Waals surface area contributed by atoms with E-state index >= 15 is 0 Å². The van der Waals surface area contributed by atoms with E-state index in [4.69, 9.17) is 4.42 Å². The minimum Gasteiger partial charge on any atom is -0.468 e. The highest BCUT2D eigenvalue weighted by molar-refractivity contribution is 5.17. The van der Waals surface area contributed by atoms with E-state index in [1.807, 2.05) is 6.26 Å². The lowest BCUT2D eigenvalue weighted by molar-refractivity contribution is 0.103. The second-order valence-corrected chi connectivity index (χ2v) is 5.56. The third kappa shape index (κ3) is 4.06. The van der Waals surface area contributed by atoms with Crippen LogP contribution < -0.4 is 5.32 Å². The Morgan fingerprint density at radius 2 is 2.00 bits per heavy atom. The Hall–Kier alpha value is -0.840. The van der Waals surface area contributed by atoms with Crippen molar-refractivity contribution in [1.29, 1.82) is 0 Å². The Labute approximate surface area is 116 Å². The lowest BCUT2D eigenvalue weighted by Gasteiger charge is -2.36. The quantitative estimate of drug-likeness (QED) is 0.851. The van der Waals surface area contributed by atoms with Crippen molar-refractivity contribution in [3.05, 3.63) is 23.7 Å². The second-order valence-electron chi connectivity index (χ2n) is 5.56. The summed E-state index contributed by atoms with van der Waals surface area (Å²) in [5.74, 6) is 1.09. The molecule has 0 aliphatic carbocycles. The summed E-state index contributed by atoms with van der Waals surface area (Å²) in [6.07, 6.45) is 1.81. The van der Waals surface area contributed by atoms with Gasteiger partial charge in [0.2, 0.25) is 0 Å². The van der Waals surface area contributed by atoms with Crippen LogP contribution in [0.2, 0.25) is 0 Å². The Bertz CT molecular complexity index is 367. The van der Waals surface area contributed by atoms with Crippen molar-refractivity contribution in [2.24, 2.45) is 0 Å². The first-order valence-electron chi connectivity index (χ1n) is 7.43. The van der Waals surface area contributed by atoms with Crippen LogP contribution in [0.15, 0.2) is 16.7 Å². The summed E-state index contributed by atoms with van der Waals surface area (Å²) in [6.45, 7) is 14.2. The fourth-order valence-electron chi connectivity index (χ4n) is 2.58. The summed E-state index contributed by atoms with van der Waals surface area (Å²) >= 11 is 0. The summed E-state index contributed by atoms with van der Waals surface area (Å²) < 4.78 is 5.57. The third-order valence-electron chi connectivity index (χ3n) is 3.90. The monoisotopic (exact) mass is 265 g/mol. The van der Waals surface area contributed by atoms with Gasteiger partial charge < -0.3 is 9.73 Å². The van der Waals surface area contributed by atoms with Crippen molar-refractivity contribution in [3.63, 3.8) is 0 Å². The molecule has 4 heteroatoms. The Morgan fingerprint density at radius 1 is 1.26 bits per heavy atom. The molecule has 108 valence electrons. The molecule has 0 unspecified atom stereocenters. The molecule has 0 saturated carbocycles. The van der Waals surface area contributed by atoms with E-state index in [9.17, 15) is 0 Å². The molecule has 0 aromatic carbocycles. The van der Waals surface area contributed by atoms with Crippen LogP contribution in [0.3, 0.4) is 0 Å². The van der Waals surface area contributed by atoms with Crippen LogP contribution in [0, 0.1) is 0 Å². The largest absolute Gasteiger partial charge is 0.468 e. The van der Waals surface area contributed by atoms with Crippen molar-refractivity contribution in [1.82, 2.24) is 15.1 Å². The van der Waals surface area contributed by atoms with Crippen LogP contribution >= 0.6 is 0 Å². The molecule has 1 saturated heterocycles. The predicted octanol–water partition coefficient (Wildman–Crippen LogP) is 1.92. The van der Waals surface area contributed by atoms with Gasteiger partial charge in [-0.05, 0) is 26.5 Å². The van der Waals surface area contributed by atoms with Gasteiger partial charge in [-0.25, -0.2) is 0 Å². The fraction of sp³-hybridized carbons (Fsp3) is 0.733. The summed E-state index contributed by atoms with van der Waals surface area (Å²) in [7, 11) is 0. The second kappa shape index (κ2) is 7.08. The van der Waals surface area contributed by atoms with E-state index in [-0.39, 0.29) is 0 Å². The van der Waals surface area contributed by atoms with Gasteiger partial charge in [-0.3, -0.25) is 9.80 Å². The number of hydrogen-bond acceptors (Lipinski definition) is 4. The van der Waals surface area contributed by atoms with E-state index < -0.39 is 0 Å². The standard InChI is InChI=1S/C15H27N3O/c1-4-16-11-15-14(5-10-19-15)12-17-6-8-18(9-7-17)13(2)3/h5,10,13,16H,4,6-9,11-12H2,1-3H3. The highest BCUT2D eigenvalue weighted by Crippen LogP contribution is 2.15. The first-order chi connectivity index (χ1) is 9.20. The van der Waals surface area contributed by atoms with Gasteiger partial charge >= 0.3 is 0 Å². The van der Waals surface area contributed by atoms with Gasteiger partial charge in [-0.2, -0.15) is 0 Å². The normalized spacial score (nSPS) is 18.3. The number of piperazine rings is 1. The lowest BCUT2D eigenvalue weighted by atomic mass is 10.2. The first-order valence-corrected chi connectivity index (χ1v) is 7.43. The molecule has 0 bridgehead atoms. The van der Waals surface area contributed by atoms with Crippen molar-refractivity contribution in [2.45, 2.75) is 39.9 Å². The first kappa shape index (κ1) is 14.6. The van der Waals surface area contributed by atoms with Gasteiger partial charge in [-0.1, -0.05) is 6.92 Å². The number of hydrogen-bond donors (Lipinski definition) is 1. The zero-order chi connectivity index (χ0) is 13.7. The molecule has 19 heavy (non-hydrogen) atoms. The fourth-order valence-corrected chi connectivity index (χ4v) is 2.58. The smallest absolute Gasteiger partial charge is 0.122 e. The molecule has 0 radical (unpaired) electrons. The molecule has 2 heterocycles. The Morgan fingerprint density at radius 3 is 2.63 bits per heavy atom. The number of rotatable bonds is 6. The van der Waals surface area contributed by atoms with Crippen molar-refractivity contribution in [2.75, 3.05) is 32.7 Å². The summed E-state index contributed by atoms with van der Waals surface area (Å²) in [4.78, 5) is 5.07. The third-order valence-corrected chi connectivity index (χ3v) is 3.90. The van der Waals surface area contributed by atoms with Crippen molar-refractivity contribution < 1.29 is 4.42 Å². The van der Waals surface area contributed by atoms with Crippen LogP contribution in [-0.4, -0.2) is 48.6 Å². The molecule has 2 rings (SSSR count). The van der Waals surface area contributed by atoms with Gasteiger partial charge in [0.25, 0.3) is 0 Å². The molecular weight excluding hydrogens is 238 g/mol. The summed E-state index contributed by atoms with van der Waals surface area (Å²) in [5.41, 5.74) is 1.33. The molecule has 0 atom stereocenters. The van der Waals surface area contributed by atoms with E-state index in [1.54, 1.807) is 0 Å². The Balaban J connectivity index is 1.83. The Kier molecular flexibility index (Phi) is 5.43. The average molecular weight is 265 g/mol. The summed E-state index contributed by atoms with van der Waals surface area (Å²) in [5, 5.41) is 3.33. The van der Waals surface area contributed by atoms with Crippen molar-refractivity contribution in [3.8, 4) is 0 Å². The molecule has 4 nitrogen and oxygen atoms in total. The van der Waals surface area contributed by atoms with Gasteiger partial charge in [0.05, 0.1) is 12.8 Å².